The molecule has 0 aliphatic carbocycles. The van der Waals surface area contributed by atoms with Gasteiger partial charge in [-0.15, -0.1) is 0 Å². The number of rotatable bonds is 6. The van der Waals surface area contributed by atoms with Crippen LogP contribution in [-0.4, -0.2) is 39.3 Å². The van der Waals surface area contributed by atoms with Crippen LogP contribution in [0, 0.1) is 0 Å². The van der Waals surface area contributed by atoms with E-state index in [2.05, 4.69) is 14.8 Å². The SMILES string of the molecule is COC(=O)C(NCc1ccc(OC)cc1)C(=O)OC. The molecule has 19 heavy (non-hydrogen) atoms. The van der Waals surface area contributed by atoms with Gasteiger partial charge in [-0.2, -0.15) is 0 Å². The molecular weight excluding hydrogens is 250 g/mol. The van der Waals surface area contributed by atoms with Crippen LogP contribution in [0.4, 0.5) is 0 Å². The van der Waals surface area contributed by atoms with Gasteiger partial charge in [0, 0.05) is 6.54 Å². The molecule has 0 aliphatic rings. The lowest BCUT2D eigenvalue weighted by atomic mass is 10.2. The molecule has 1 N–H and O–H groups in total. The van der Waals surface area contributed by atoms with Crippen LogP contribution >= 0.6 is 0 Å². The van der Waals surface area contributed by atoms with Crippen molar-refractivity contribution in [2.75, 3.05) is 21.3 Å². The van der Waals surface area contributed by atoms with E-state index in [1.807, 2.05) is 12.1 Å². The Morgan fingerprint density at radius 2 is 1.58 bits per heavy atom. The van der Waals surface area contributed by atoms with Gasteiger partial charge in [0.1, 0.15) is 5.75 Å². The molecule has 0 atom stereocenters. The highest BCUT2D eigenvalue weighted by Gasteiger charge is 2.27. The van der Waals surface area contributed by atoms with E-state index in [9.17, 15) is 9.59 Å². The lowest BCUT2D eigenvalue weighted by Gasteiger charge is -2.14. The summed E-state index contributed by atoms with van der Waals surface area (Å²) in [6, 6.07) is 6.12. The first kappa shape index (κ1) is 15.0. The maximum Gasteiger partial charge on any atom is 0.334 e. The Morgan fingerprint density at radius 3 is 2.00 bits per heavy atom. The first-order valence-corrected chi connectivity index (χ1v) is 5.64. The van der Waals surface area contributed by atoms with Gasteiger partial charge in [0.25, 0.3) is 0 Å². The van der Waals surface area contributed by atoms with E-state index in [1.165, 1.54) is 14.2 Å². The van der Waals surface area contributed by atoms with Gasteiger partial charge in [-0.05, 0) is 17.7 Å². The summed E-state index contributed by atoms with van der Waals surface area (Å²) in [6.07, 6.45) is 0. The summed E-state index contributed by atoms with van der Waals surface area (Å²) in [7, 11) is 4.01. The fourth-order valence-corrected chi connectivity index (χ4v) is 1.46. The molecule has 0 aromatic heterocycles. The molecule has 0 aliphatic heterocycles. The van der Waals surface area contributed by atoms with Gasteiger partial charge in [0.15, 0.2) is 0 Å². The monoisotopic (exact) mass is 267 g/mol. The molecule has 0 radical (unpaired) electrons. The van der Waals surface area contributed by atoms with E-state index in [0.717, 1.165) is 11.3 Å². The minimum absolute atomic E-state index is 0.332. The zero-order valence-corrected chi connectivity index (χ0v) is 11.1. The van der Waals surface area contributed by atoms with Crippen molar-refractivity contribution in [2.45, 2.75) is 12.6 Å². The Bertz CT molecular complexity index is 413. The van der Waals surface area contributed by atoms with Crippen molar-refractivity contribution < 1.29 is 23.8 Å². The van der Waals surface area contributed by atoms with Crippen LogP contribution in [-0.2, 0) is 25.6 Å². The number of esters is 2. The molecule has 0 bridgehead atoms. The normalized spacial score (nSPS) is 10.1. The molecule has 0 amide bonds. The molecule has 6 heteroatoms. The van der Waals surface area contributed by atoms with Crippen molar-refractivity contribution in [3.05, 3.63) is 29.8 Å². The number of benzene rings is 1. The van der Waals surface area contributed by atoms with E-state index in [-0.39, 0.29) is 0 Å². The van der Waals surface area contributed by atoms with E-state index in [0.29, 0.717) is 6.54 Å². The fourth-order valence-electron chi connectivity index (χ4n) is 1.46. The zero-order chi connectivity index (χ0) is 14.3. The minimum Gasteiger partial charge on any atom is -0.497 e. The van der Waals surface area contributed by atoms with Crippen molar-refractivity contribution in [2.24, 2.45) is 0 Å². The number of hydrogen-bond donors (Lipinski definition) is 1. The predicted molar refractivity (Wildman–Crippen MR) is 67.7 cm³/mol. The Balaban J connectivity index is 2.64. The summed E-state index contributed by atoms with van der Waals surface area (Å²) >= 11 is 0. The van der Waals surface area contributed by atoms with Crippen LogP contribution in [0.25, 0.3) is 0 Å². The molecule has 6 nitrogen and oxygen atoms in total. The molecule has 1 aromatic carbocycles. The van der Waals surface area contributed by atoms with Gasteiger partial charge >= 0.3 is 11.9 Å². The van der Waals surface area contributed by atoms with Crippen molar-refractivity contribution >= 4 is 11.9 Å². The van der Waals surface area contributed by atoms with Crippen LogP contribution in [0.2, 0.25) is 0 Å². The van der Waals surface area contributed by atoms with Crippen molar-refractivity contribution in [1.29, 1.82) is 0 Å². The van der Waals surface area contributed by atoms with Crippen molar-refractivity contribution in [3.8, 4) is 5.75 Å². The number of carbonyl (C=O) groups excluding carboxylic acids is 2. The lowest BCUT2D eigenvalue weighted by molar-refractivity contribution is -0.155. The molecule has 104 valence electrons. The van der Waals surface area contributed by atoms with Gasteiger partial charge in [0.05, 0.1) is 21.3 Å². The molecule has 0 saturated heterocycles. The number of carbonyl (C=O) groups is 2. The second-order valence-electron chi connectivity index (χ2n) is 3.71. The molecule has 0 saturated carbocycles. The van der Waals surface area contributed by atoms with Gasteiger partial charge in [-0.1, -0.05) is 12.1 Å². The average Bonchev–Trinajstić information content (AvgIpc) is 2.47. The van der Waals surface area contributed by atoms with Crippen LogP contribution in [0.5, 0.6) is 5.75 Å². The van der Waals surface area contributed by atoms with E-state index in [1.54, 1.807) is 19.2 Å². The minimum atomic E-state index is -1.13. The van der Waals surface area contributed by atoms with Gasteiger partial charge in [-0.3, -0.25) is 5.32 Å². The van der Waals surface area contributed by atoms with Crippen LogP contribution in [0.1, 0.15) is 5.56 Å². The number of nitrogens with one attached hydrogen (secondary N) is 1. The van der Waals surface area contributed by atoms with E-state index < -0.39 is 18.0 Å². The maximum absolute atomic E-state index is 11.4. The molecule has 0 fully saturated rings. The molecule has 0 unspecified atom stereocenters. The van der Waals surface area contributed by atoms with Gasteiger partial charge in [0.2, 0.25) is 6.04 Å². The number of ether oxygens (including phenoxy) is 3. The standard InChI is InChI=1S/C13H17NO5/c1-17-10-6-4-9(5-7-10)8-14-11(12(15)18-2)13(16)19-3/h4-7,11,14H,8H2,1-3H3. The Kier molecular flexibility index (Phi) is 5.81. The maximum atomic E-state index is 11.4. The highest BCUT2D eigenvalue weighted by atomic mass is 16.5. The summed E-state index contributed by atoms with van der Waals surface area (Å²) in [6.45, 7) is 0.332. The van der Waals surface area contributed by atoms with E-state index >= 15 is 0 Å². The highest BCUT2D eigenvalue weighted by Crippen LogP contribution is 2.11. The molecular formula is C13H17NO5. The Hall–Kier alpha value is -2.08. The summed E-state index contributed by atoms with van der Waals surface area (Å²) in [5, 5.41) is 2.78. The first-order valence-electron chi connectivity index (χ1n) is 5.64. The summed E-state index contributed by atoms with van der Waals surface area (Å²) in [4.78, 5) is 22.9. The second kappa shape index (κ2) is 7.38. The van der Waals surface area contributed by atoms with Crippen LogP contribution in [0.15, 0.2) is 24.3 Å². The quantitative estimate of drug-likeness (QED) is 0.597. The highest BCUT2D eigenvalue weighted by molar-refractivity contribution is 5.99. The van der Waals surface area contributed by atoms with Crippen molar-refractivity contribution in [1.82, 2.24) is 5.32 Å². The Morgan fingerprint density at radius 1 is 1.05 bits per heavy atom. The smallest absolute Gasteiger partial charge is 0.334 e. The van der Waals surface area contributed by atoms with Crippen LogP contribution < -0.4 is 10.1 Å². The molecule has 0 heterocycles. The first-order chi connectivity index (χ1) is 9.12. The molecule has 1 aromatic rings. The summed E-state index contributed by atoms with van der Waals surface area (Å²) in [5.41, 5.74) is 0.901. The van der Waals surface area contributed by atoms with Gasteiger partial charge < -0.3 is 14.2 Å². The lowest BCUT2D eigenvalue weighted by Crippen LogP contribution is -2.44. The van der Waals surface area contributed by atoms with Crippen LogP contribution in [0.3, 0.4) is 0 Å². The fraction of sp³-hybridized carbons (Fsp3) is 0.385. The number of hydrogen-bond acceptors (Lipinski definition) is 6. The Labute approximate surface area is 111 Å². The third-order valence-corrected chi connectivity index (χ3v) is 2.54. The third-order valence-electron chi connectivity index (χ3n) is 2.54. The summed E-state index contributed by atoms with van der Waals surface area (Å²) < 4.78 is 14.1. The third kappa shape index (κ3) is 4.26. The average molecular weight is 267 g/mol. The summed E-state index contributed by atoms with van der Waals surface area (Å²) in [5.74, 6) is -0.623. The molecule has 1 rings (SSSR count). The number of methoxy groups -OCH3 is 3. The largest absolute Gasteiger partial charge is 0.497 e. The predicted octanol–water partition coefficient (Wildman–Crippen LogP) is 0.499. The molecule has 0 spiro atoms. The topological polar surface area (TPSA) is 73.9 Å². The zero-order valence-electron chi connectivity index (χ0n) is 11.1. The van der Waals surface area contributed by atoms with Gasteiger partial charge in [-0.25, -0.2) is 9.59 Å². The second-order valence-corrected chi connectivity index (χ2v) is 3.71. The van der Waals surface area contributed by atoms with Crippen molar-refractivity contribution in [3.63, 3.8) is 0 Å². The van der Waals surface area contributed by atoms with E-state index in [4.69, 9.17) is 4.74 Å².